The first-order valence-corrected chi connectivity index (χ1v) is 8.90. The summed E-state index contributed by atoms with van der Waals surface area (Å²) >= 11 is 12.1. The fourth-order valence-corrected chi connectivity index (χ4v) is 3.26. The Hall–Kier alpha value is -2.24. The first-order chi connectivity index (χ1) is 12.2. The van der Waals surface area contributed by atoms with Crippen LogP contribution in [0.2, 0.25) is 0 Å². The molecule has 0 heterocycles. The van der Waals surface area contributed by atoms with Crippen molar-refractivity contribution < 1.29 is 9.59 Å². The van der Waals surface area contributed by atoms with Crippen LogP contribution in [0.5, 0.6) is 0 Å². The number of hydrogen-bond donors (Lipinski definition) is 3. The number of amides is 3. The monoisotopic (exact) mass is 391 g/mol. The van der Waals surface area contributed by atoms with E-state index in [0.717, 1.165) is 5.56 Å². The number of alkyl halides is 2. The lowest BCUT2D eigenvalue weighted by molar-refractivity contribution is -0.120. The fourth-order valence-electron chi connectivity index (χ4n) is 2.56. The number of nitrogens with one attached hydrogen (secondary N) is 3. The van der Waals surface area contributed by atoms with Gasteiger partial charge in [-0.2, -0.15) is 0 Å². The number of rotatable bonds is 4. The Morgan fingerprint density at radius 2 is 1.58 bits per heavy atom. The zero-order chi connectivity index (χ0) is 18.9. The average Bonchev–Trinajstić information content (AvgIpc) is 3.11. The SMILES string of the molecule is Cc1ccc(NC(=O)Nc2ccccc2)cc1NC(=O)C1(C)CC1(Cl)Cl. The number of carbonyl (C=O) groups excluding carboxylic acids is 2. The lowest BCUT2D eigenvalue weighted by Gasteiger charge is -2.16. The van der Waals surface area contributed by atoms with E-state index in [4.69, 9.17) is 23.2 Å². The van der Waals surface area contributed by atoms with Crippen LogP contribution in [0.3, 0.4) is 0 Å². The Kier molecular flexibility index (Phi) is 4.86. The van der Waals surface area contributed by atoms with Crippen molar-refractivity contribution in [2.45, 2.75) is 24.6 Å². The van der Waals surface area contributed by atoms with Crippen molar-refractivity contribution in [1.82, 2.24) is 0 Å². The highest BCUT2D eigenvalue weighted by Gasteiger charge is 2.67. The van der Waals surface area contributed by atoms with Gasteiger partial charge in [-0.3, -0.25) is 4.79 Å². The summed E-state index contributed by atoms with van der Waals surface area (Å²) in [7, 11) is 0. The highest BCUT2D eigenvalue weighted by Crippen LogP contribution is 2.64. The molecule has 1 saturated carbocycles. The molecule has 0 aliphatic heterocycles. The van der Waals surface area contributed by atoms with Gasteiger partial charge in [-0.1, -0.05) is 24.3 Å². The number of para-hydroxylation sites is 1. The second-order valence-electron chi connectivity index (χ2n) is 6.64. The van der Waals surface area contributed by atoms with Gasteiger partial charge in [0.05, 0.1) is 5.41 Å². The van der Waals surface area contributed by atoms with Crippen molar-refractivity contribution in [2.24, 2.45) is 5.41 Å². The minimum absolute atomic E-state index is 0.239. The molecule has 1 atom stereocenters. The molecule has 3 N–H and O–H groups in total. The van der Waals surface area contributed by atoms with Crippen LogP contribution < -0.4 is 16.0 Å². The number of carbonyl (C=O) groups is 2. The Morgan fingerprint density at radius 1 is 0.962 bits per heavy atom. The standard InChI is InChI=1S/C19H19Cl2N3O2/c1-12-8-9-14(23-17(26)22-13-6-4-3-5-7-13)10-15(12)24-16(25)18(2)11-19(18,20)21/h3-10H,11H2,1-2H3,(H,24,25)(H2,22,23,26). The quantitative estimate of drug-likeness (QED) is 0.629. The van der Waals surface area contributed by atoms with E-state index < -0.39 is 9.75 Å². The molecule has 1 aliphatic rings. The summed E-state index contributed by atoms with van der Waals surface area (Å²) in [5, 5.41) is 8.34. The summed E-state index contributed by atoms with van der Waals surface area (Å²) in [6.07, 6.45) is 0.408. The van der Waals surface area contributed by atoms with Crippen LogP contribution in [-0.2, 0) is 4.79 Å². The van der Waals surface area contributed by atoms with Gasteiger partial charge in [0.2, 0.25) is 5.91 Å². The predicted molar refractivity (Wildman–Crippen MR) is 106 cm³/mol. The van der Waals surface area contributed by atoms with Crippen LogP contribution in [0.1, 0.15) is 18.9 Å². The van der Waals surface area contributed by atoms with Gasteiger partial charge in [-0.25, -0.2) is 4.79 Å². The highest BCUT2D eigenvalue weighted by molar-refractivity contribution is 6.53. The Morgan fingerprint density at radius 3 is 2.19 bits per heavy atom. The minimum Gasteiger partial charge on any atom is -0.325 e. The van der Waals surface area contributed by atoms with Crippen molar-refractivity contribution in [1.29, 1.82) is 0 Å². The van der Waals surface area contributed by atoms with E-state index in [1.807, 2.05) is 31.2 Å². The number of anilines is 3. The Bertz CT molecular complexity index is 855. The van der Waals surface area contributed by atoms with Crippen LogP contribution in [-0.4, -0.2) is 16.3 Å². The summed E-state index contributed by atoms with van der Waals surface area (Å²) in [4.78, 5) is 24.6. The van der Waals surface area contributed by atoms with Gasteiger partial charge >= 0.3 is 6.03 Å². The first kappa shape index (κ1) is 18.5. The van der Waals surface area contributed by atoms with E-state index in [0.29, 0.717) is 23.5 Å². The van der Waals surface area contributed by atoms with E-state index in [-0.39, 0.29) is 11.9 Å². The lowest BCUT2D eigenvalue weighted by Crippen LogP contribution is -2.26. The molecular formula is C19H19Cl2N3O2. The smallest absolute Gasteiger partial charge is 0.323 e. The van der Waals surface area contributed by atoms with Gasteiger partial charge < -0.3 is 16.0 Å². The van der Waals surface area contributed by atoms with Gasteiger partial charge in [0.1, 0.15) is 4.33 Å². The molecule has 7 heteroatoms. The van der Waals surface area contributed by atoms with Crippen molar-refractivity contribution in [2.75, 3.05) is 16.0 Å². The van der Waals surface area contributed by atoms with Gasteiger partial charge in [0.15, 0.2) is 0 Å². The second kappa shape index (κ2) is 6.82. The van der Waals surface area contributed by atoms with Crippen molar-refractivity contribution in [3.63, 3.8) is 0 Å². The molecule has 1 aliphatic carbocycles. The zero-order valence-electron chi connectivity index (χ0n) is 14.4. The molecule has 0 aromatic heterocycles. The summed E-state index contributed by atoms with van der Waals surface area (Å²) in [5.41, 5.74) is 1.91. The molecule has 3 amide bonds. The maximum atomic E-state index is 12.5. The van der Waals surface area contributed by atoms with E-state index >= 15 is 0 Å². The normalized spacial score (nSPS) is 20.2. The molecule has 26 heavy (non-hydrogen) atoms. The van der Waals surface area contributed by atoms with Gasteiger partial charge in [0.25, 0.3) is 0 Å². The van der Waals surface area contributed by atoms with Gasteiger partial charge in [-0.05, 0) is 50.1 Å². The fraction of sp³-hybridized carbons (Fsp3) is 0.263. The predicted octanol–water partition coefficient (Wildman–Crippen LogP) is 5.16. The third kappa shape index (κ3) is 3.79. The van der Waals surface area contributed by atoms with E-state index in [9.17, 15) is 9.59 Å². The molecule has 1 unspecified atom stereocenters. The molecule has 2 aromatic carbocycles. The summed E-state index contributed by atoms with van der Waals surface area (Å²) in [6.45, 7) is 3.60. The van der Waals surface area contributed by atoms with Crippen molar-refractivity contribution in [3.05, 3.63) is 54.1 Å². The summed E-state index contributed by atoms with van der Waals surface area (Å²) in [5.74, 6) is -0.239. The molecule has 5 nitrogen and oxygen atoms in total. The van der Waals surface area contributed by atoms with Crippen LogP contribution in [0.25, 0.3) is 0 Å². The van der Waals surface area contributed by atoms with E-state index in [1.54, 1.807) is 31.2 Å². The maximum absolute atomic E-state index is 12.5. The van der Waals surface area contributed by atoms with Crippen molar-refractivity contribution >= 4 is 52.2 Å². The number of urea groups is 1. The number of halogens is 2. The van der Waals surface area contributed by atoms with Crippen LogP contribution >= 0.6 is 23.2 Å². The molecule has 2 aromatic rings. The van der Waals surface area contributed by atoms with E-state index in [1.165, 1.54) is 0 Å². The molecule has 0 radical (unpaired) electrons. The molecule has 0 spiro atoms. The van der Waals surface area contributed by atoms with Gasteiger partial charge in [-0.15, -0.1) is 23.2 Å². The topological polar surface area (TPSA) is 70.2 Å². The number of aryl methyl sites for hydroxylation is 1. The number of hydrogen-bond acceptors (Lipinski definition) is 2. The third-order valence-electron chi connectivity index (χ3n) is 4.53. The summed E-state index contributed by atoms with van der Waals surface area (Å²) < 4.78 is -1.03. The lowest BCUT2D eigenvalue weighted by atomic mass is 10.1. The second-order valence-corrected chi connectivity index (χ2v) is 8.13. The largest absolute Gasteiger partial charge is 0.325 e. The highest BCUT2D eigenvalue weighted by atomic mass is 35.5. The first-order valence-electron chi connectivity index (χ1n) is 8.14. The Balaban J connectivity index is 1.68. The van der Waals surface area contributed by atoms with Gasteiger partial charge in [0, 0.05) is 17.1 Å². The Labute approximate surface area is 162 Å². The number of benzene rings is 2. The van der Waals surface area contributed by atoms with Crippen LogP contribution in [0.4, 0.5) is 21.9 Å². The maximum Gasteiger partial charge on any atom is 0.323 e. The van der Waals surface area contributed by atoms with Crippen LogP contribution in [0.15, 0.2) is 48.5 Å². The van der Waals surface area contributed by atoms with Crippen molar-refractivity contribution in [3.8, 4) is 0 Å². The molecular weight excluding hydrogens is 373 g/mol. The van der Waals surface area contributed by atoms with Crippen LogP contribution in [0, 0.1) is 12.3 Å². The molecule has 136 valence electrons. The molecule has 1 fully saturated rings. The van der Waals surface area contributed by atoms with E-state index in [2.05, 4.69) is 16.0 Å². The average molecular weight is 392 g/mol. The molecule has 3 rings (SSSR count). The minimum atomic E-state index is -1.03. The third-order valence-corrected chi connectivity index (χ3v) is 5.64. The summed E-state index contributed by atoms with van der Waals surface area (Å²) in [6, 6.07) is 14.0. The zero-order valence-corrected chi connectivity index (χ0v) is 15.9. The molecule has 0 bridgehead atoms. The molecule has 0 saturated heterocycles.